The second-order valence-corrected chi connectivity index (χ2v) is 16.8. The fourth-order valence-electron chi connectivity index (χ4n) is 9.30. The maximum atomic E-state index is 15.0. The zero-order chi connectivity index (χ0) is 35.5. The van der Waals surface area contributed by atoms with Gasteiger partial charge >= 0.3 is 0 Å². The summed E-state index contributed by atoms with van der Waals surface area (Å²) in [5, 5.41) is 19.7. The first-order valence-electron chi connectivity index (χ1n) is 17.0. The van der Waals surface area contributed by atoms with Crippen molar-refractivity contribution in [1.29, 1.82) is 0 Å². The number of carbonyl (C=O) groups is 4. The Kier molecular flexibility index (Phi) is 7.27. The third-order valence-corrected chi connectivity index (χ3v) is 14.1. The summed E-state index contributed by atoms with van der Waals surface area (Å²) in [5.41, 5.74) is 1.74. The number of anilines is 1. The van der Waals surface area contributed by atoms with Gasteiger partial charge in [-0.1, -0.05) is 47.5 Å². The number of amides is 4. The Hall–Kier alpha value is -4.58. The highest BCUT2D eigenvalue weighted by Crippen LogP contribution is 2.64. The number of allylic oxidation sites excluding steroid dienone is 2. The third kappa shape index (κ3) is 4.53. The van der Waals surface area contributed by atoms with Crippen molar-refractivity contribution in [3.63, 3.8) is 0 Å². The number of rotatable bonds is 5. The van der Waals surface area contributed by atoms with E-state index in [2.05, 4.69) is 0 Å². The number of halogens is 1. The van der Waals surface area contributed by atoms with Crippen molar-refractivity contribution in [2.45, 2.75) is 39.2 Å². The van der Waals surface area contributed by atoms with Crippen LogP contribution in [-0.2, 0) is 32.8 Å². The molecule has 12 heteroatoms. The van der Waals surface area contributed by atoms with Crippen molar-refractivity contribution in [2.75, 3.05) is 4.90 Å². The maximum Gasteiger partial charge on any atom is 0.242 e. The first-order valence-corrected chi connectivity index (χ1v) is 19.0. The average Bonchev–Trinajstić information content (AvgIpc) is 3.91. The zero-order valence-corrected chi connectivity index (χ0v) is 30.4. The number of hydrogen-bond acceptors (Lipinski definition) is 8. The van der Waals surface area contributed by atoms with Crippen LogP contribution in [-0.4, -0.2) is 43.4 Å². The van der Waals surface area contributed by atoms with Crippen LogP contribution in [0.3, 0.4) is 0 Å². The number of fused-ring (bicyclic) bond motifs is 5. The van der Waals surface area contributed by atoms with Gasteiger partial charge in [-0.3, -0.25) is 28.8 Å². The quantitative estimate of drug-likeness (QED) is 0.148. The second kappa shape index (κ2) is 11.5. The highest BCUT2D eigenvalue weighted by atomic mass is 35.5. The Labute approximate surface area is 306 Å². The number of likely N-dealkylation sites (tertiary alicyclic amines) is 1. The molecule has 2 aromatic carbocycles. The number of hydrogen-bond donors (Lipinski definition) is 1. The van der Waals surface area contributed by atoms with Crippen LogP contribution in [0.15, 0.2) is 77.7 Å². The minimum Gasteiger partial charge on any atom is -0.508 e. The summed E-state index contributed by atoms with van der Waals surface area (Å²) in [6.07, 6.45) is 2.59. The first-order chi connectivity index (χ1) is 24.5. The third-order valence-electron chi connectivity index (χ3n) is 11.7. The van der Waals surface area contributed by atoms with Crippen LogP contribution >= 0.6 is 34.3 Å². The van der Waals surface area contributed by atoms with E-state index < -0.39 is 35.0 Å². The van der Waals surface area contributed by atoms with Crippen LogP contribution in [0.5, 0.6) is 5.75 Å². The summed E-state index contributed by atoms with van der Waals surface area (Å²) in [6.45, 7) is 4.05. The van der Waals surface area contributed by atoms with Gasteiger partial charge in [0.15, 0.2) is 0 Å². The molecule has 0 spiro atoms. The molecule has 3 aromatic heterocycles. The molecule has 2 aliphatic heterocycles. The Morgan fingerprint density at radius 2 is 1.80 bits per heavy atom. The van der Waals surface area contributed by atoms with E-state index in [1.54, 1.807) is 47.3 Å². The number of thiophene rings is 2. The molecule has 0 bridgehead atoms. The van der Waals surface area contributed by atoms with Crippen LogP contribution in [0.1, 0.15) is 41.7 Å². The molecule has 9 rings (SSSR count). The Balaban J connectivity index is 1.14. The molecule has 51 heavy (non-hydrogen) atoms. The number of benzene rings is 2. The number of aromatic nitrogens is 2. The summed E-state index contributed by atoms with van der Waals surface area (Å²) >= 11 is 9.37. The normalized spacial score (nSPS) is 27.3. The van der Waals surface area contributed by atoms with E-state index in [0.29, 0.717) is 28.5 Å². The van der Waals surface area contributed by atoms with Crippen molar-refractivity contribution in [2.24, 2.45) is 36.1 Å². The van der Waals surface area contributed by atoms with Crippen LogP contribution in [0.4, 0.5) is 5.82 Å². The summed E-state index contributed by atoms with van der Waals surface area (Å²) < 4.78 is 2.63. The molecule has 2 saturated heterocycles. The zero-order valence-electron chi connectivity index (χ0n) is 28.0. The van der Waals surface area contributed by atoms with Crippen molar-refractivity contribution < 1.29 is 24.3 Å². The first kappa shape index (κ1) is 32.3. The average molecular weight is 737 g/mol. The molecule has 2 aliphatic carbocycles. The molecule has 3 fully saturated rings. The number of nitrogens with zero attached hydrogens (tertiary/aromatic N) is 4. The minimum absolute atomic E-state index is 0.0150. The lowest BCUT2D eigenvalue weighted by Gasteiger charge is -2.49. The van der Waals surface area contributed by atoms with Gasteiger partial charge in [-0.15, -0.1) is 22.7 Å². The van der Waals surface area contributed by atoms with Gasteiger partial charge in [0.1, 0.15) is 17.3 Å². The molecule has 1 N–H and O–H groups in total. The van der Waals surface area contributed by atoms with E-state index in [-0.39, 0.29) is 42.3 Å². The predicted octanol–water partition coefficient (Wildman–Crippen LogP) is 7.46. The van der Waals surface area contributed by atoms with Crippen molar-refractivity contribution in [3.8, 4) is 16.3 Å². The van der Waals surface area contributed by atoms with E-state index in [1.807, 2.05) is 61.7 Å². The van der Waals surface area contributed by atoms with Gasteiger partial charge in [-0.05, 0) is 79.3 Å². The molecule has 5 aromatic rings. The van der Waals surface area contributed by atoms with E-state index in [0.717, 1.165) is 31.0 Å². The molecular weight excluding hydrogens is 704 g/mol. The van der Waals surface area contributed by atoms with Crippen LogP contribution in [0.25, 0.3) is 20.7 Å². The fraction of sp³-hybridized carbons (Fsp3) is 0.308. The highest BCUT2D eigenvalue weighted by Gasteiger charge is 2.68. The molecule has 1 saturated carbocycles. The molecule has 9 nitrogen and oxygen atoms in total. The summed E-state index contributed by atoms with van der Waals surface area (Å²) in [7, 11) is 1.72. The molecule has 0 radical (unpaired) electrons. The standard InChI is InChI=1S/C39H33ClN4O5S2/c1-19-25-15-20(40)10-13-30(25)51-34(19)28-17-31(42(3)41-28)44-36(47)27-16-26-22(33(39(27,2)38(44)49)23-8-4-5-9-29(23)45)11-12-24-32(26)37(48)43(35(24)46)18-21-7-6-14-50-21/h4-11,13-15,17,24,26-27,32-33,45H,12,16,18H2,1-3H3. The topological polar surface area (TPSA) is 113 Å². The Morgan fingerprint density at radius 3 is 2.57 bits per heavy atom. The van der Waals surface area contributed by atoms with Gasteiger partial charge in [0.05, 0.1) is 34.6 Å². The Bertz CT molecular complexity index is 2360. The molecule has 6 atom stereocenters. The second-order valence-electron chi connectivity index (χ2n) is 14.3. The van der Waals surface area contributed by atoms with E-state index in [9.17, 15) is 24.3 Å². The van der Waals surface area contributed by atoms with Gasteiger partial charge in [0, 0.05) is 39.2 Å². The number of phenols is 1. The summed E-state index contributed by atoms with van der Waals surface area (Å²) in [5.74, 6) is -3.97. The van der Waals surface area contributed by atoms with Gasteiger partial charge in [0.2, 0.25) is 23.6 Å². The van der Waals surface area contributed by atoms with Crippen molar-refractivity contribution >= 4 is 73.8 Å². The summed E-state index contributed by atoms with van der Waals surface area (Å²) in [4.78, 5) is 62.1. The minimum atomic E-state index is -1.28. The van der Waals surface area contributed by atoms with Crippen LogP contribution < -0.4 is 4.90 Å². The van der Waals surface area contributed by atoms with Crippen LogP contribution in [0.2, 0.25) is 5.02 Å². The lowest BCUT2D eigenvalue weighted by atomic mass is 9.51. The van der Waals surface area contributed by atoms with Gasteiger partial charge in [0.25, 0.3) is 0 Å². The van der Waals surface area contributed by atoms with E-state index in [1.165, 1.54) is 21.1 Å². The Morgan fingerprint density at radius 1 is 1.00 bits per heavy atom. The number of aromatic hydroxyl groups is 1. The van der Waals surface area contributed by atoms with E-state index in [4.69, 9.17) is 16.7 Å². The van der Waals surface area contributed by atoms with Gasteiger partial charge < -0.3 is 5.11 Å². The number of para-hydroxylation sites is 1. The molecule has 4 amide bonds. The maximum absolute atomic E-state index is 15.0. The fourth-order valence-corrected chi connectivity index (χ4v) is 11.3. The number of imide groups is 2. The summed E-state index contributed by atoms with van der Waals surface area (Å²) in [6, 6.07) is 18.3. The largest absolute Gasteiger partial charge is 0.508 e. The molecule has 4 aliphatic rings. The molecule has 6 unspecified atom stereocenters. The predicted molar refractivity (Wildman–Crippen MR) is 196 cm³/mol. The van der Waals surface area contributed by atoms with Gasteiger partial charge in [-0.2, -0.15) is 5.10 Å². The number of aryl methyl sites for hydroxylation is 2. The lowest BCUT2D eigenvalue weighted by molar-refractivity contribution is -0.141. The molecule has 258 valence electrons. The highest BCUT2D eigenvalue weighted by molar-refractivity contribution is 7.22. The monoisotopic (exact) mass is 736 g/mol. The van der Waals surface area contributed by atoms with Gasteiger partial charge in [-0.25, -0.2) is 4.90 Å². The van der Waals surface area contributed by atoms with Crippen molar-refractivity contribution in [3.05, 3.63) is 98.7 Å². The lowest BCUT2D eigenvalue weighted by Crippen LogP contribution is -2.48. The van der Waals surface area contributed by atoms with E-state index >= 15 is 0 Å². The van der Waals surface area contributed by atoms with Crippen LogP contribution in [0, 0.1) is 36.0 Å². The molecule has 5 heterocycles. The number of carbonyl (C=O) groups excluding carboxylic acids is 4. The van der Waals surface area contributed by atoms with Crippen molar-refractivity contribution in [1.82, 2.24) is 14.7 Å². The SMILES string of the molecule is Cc1c(-c2cc(N3C(=O)C4CC5C(=CCC6C(=O)N(Cc7cccs7)C(=O)C65)C(c5ccccc5O)C4(C)C3=O)n(C)n2)sc2ccc(Cl)cc12. The number of phenolic OH excluding ortho intramolecular Hbond substituents is 1. The smallest absolute Gasteiger partial charge is 0.242 e. The molecular formula is C39H33ClN4O5S2.